The van der Waals surface area contributed by atoms with E-state index in [-0.39, 0.29) is 11.1 Å². The molecule has 0 aliphatic carbocycles. The number of carbonyl (C=O) groups is 2. The summed E-state index contributed by atoms with van der Waals surface area (Å²) in [4.78, 5) is 24.6. The number of aliphatic hydroxyl groups is 1. The SMILES string of the molecule is CS(=O)(=O)O[C@H]1[C@H](OC(=O)c2ccccc2)[C@@H](COC(=O)c2ccccc2)O[C@H]1O. The van der Waals surface area contributed by atoms with Gasteiger partial charge in [0.15, 0.2) is 18.5 Å². The van der Waals surface area contributed by atoms with E-state index in [2.05, 4.69) is 0 Å². The maximum absolute atomic E-state index is 12.5. The molecule has 0 unspecified atom stereocenters. The van der Waals surface area contributed by atoms with Gasteiger partial charge in [-0.2, -0.15) is 8.42 Å². The molecule has 0 aromatic heterocycles. The lowest BCUT2D eigenvalue weighted by Gasteiger charge is -2.22. The number of esters is 2. The number of benzene rings is 2. The van der Waals surface area contributed by atoms with Gasteiger partial charge in [-0.3, -0.25) is 4.18 Å². The van der Waals surface area contributed by atoms with Gasteiger partial charge in [-0.15, -0.1) is 0 Å². The summed E-state index contributed by atoms with van der Waals surface area (Å²) < 4.78 is 43.8. The zero-order valence-electron chi connectivity index (χ0n) is 15.9. The predicted octanol–water partition coefficient (Wildman–Crippen LogP) is 1.13. The highest BCUT2D eigenvalue weighted by Crippen LogP contribution is 2.28. The summed E-state index contributed by atoms with van der Waals surface area (Å²) in [6, 6.07) is 16.1. The molecule has 2 aromatic rings. The first-order chi connectivity index (χ1) is 14.2. The third-order valence-electron chi connectivity index (χ3n) is 4.21. The van der Waals surface area contributed by atoms with Crippen LogP contribution in [0.5, 0.6) is 0 Å². The van der Waals surface area contributed by atoms with Crippen LogP contribution in [0.1, 0.15) is 20.7 Å². The molecular weight excluding hydrogens is 416 g/mol. The minimum atomic E-state index is -4.01. The molecule has 0 amide bonds. The van der Waals surface area contributed by atoms with Crippen molar-refractivity contribution in [2.24, 2.45) is 0 Å². The molecular formula is C20H20O9S. The van der Waals surface area contributed by atoms with Crippen molar-refractivity contribution in [2.75, 3.05) is 12.9 Å². The molecule has 3 rings (SSSR count). The third-order valence-corrected chi connectivity index (χ3v) is 4.78. The molecule has 1 aliphatic rings. The summed E-state index contributed by atoms with van der Waals surface area (Å²) in [6.07, 6.45) is -4.93. The molecule has 1 saturated heterocycles. The lowest BCUT2D eigenvalue weighted by atomic mass is 10.1. The Hall–Kier alpha value is -2.79. The molecule has 9 nitrogen and oxygen atoms in total. The van der Waals surface area contributed by atoms with Gasteiger partial charge < -0.3 is 19.3 Å². The van der Waals surface area contributed by atoms with Gasteiger partial charge in [-0.05, 0) is 24.3 Å². The second-order valence-corrected chi connectivity index (χ2v) is 8.13. The fourth-order valence-electron chi connectivity index (χ4n) is 2.87. The number of hydrogen-bond acceptors (Lipinski definition) is 9. The average molecular weight is 436 g/mol. The smallest absolute Gasteiger partial charge is 0.338 e. The van der Waals surface area contributed by atoms with Gasteiger partial charge in [-0.25, -0.2) is 9.59 Å². The minimum absolute atomic E-state index is 0.206. The highest BCUT2D eigenvalue weighted by Gasteiger charge is 2.49. The van der Waals surface area contributed by atoms with E-state index in [4.69, 9.17) is 18.4 Å². The van der Waals surface area contributed by atoms with Crippen LogP contribution in [0, 0.1) is 0 Å². The zero-order chi connectivity index (χ0) is 21.7. The van der Waals surface area contributed by atoms with Crippen LogP contribution in [0.25, 0.3) is 0 Å². The van der Waals surface area contributed by atoms with Crippen LogP contribution in [0.2, 0.25) is 0 Å². The van der Waals surface area contributed by atoms with Gasteiger partial charge >= 0.3 is 11.9 Å². The summed E-state index contributed by atoms with van der Waals surface area (Å²) in [5.41, 5.74) is 0.495. The number of ether oxygens (including phenoxy) is 3. The predicted molar refractivity (Wildman–Crippen MR) is 103 cm³/mol. The van der Waals surface area contributed by atoms with Gasteiger partial charge in [0, 0.05) is 0 Å². The molecule has 160 valence electrons. The first-order valence-corrected chi connectivity index (χ1v) is 10.8. The maximum atomic E-state index is 12.5. The molecule has 4 atom stereocenters. The molecule has 0 radical (unpaired) electrons. The lowest BCUT2D eigenvalue weighted by Crippen LogP contribution is -2.41. The molecule has 10 heteroatoms. The number of hydrogen-bond donors (Lipinski definition) is 1. The second-order valence-electron chi connectivity index (χ2n) is 6.53. The second kappa shape index (κ2) is 9.35. The summed E-state index contributed by atoms with van der Waals surface area (Å²) in [6.45, 7) is -0.402. The molecule has 1 heterocycles. The average Bonchev–Trinajstić information content (AvgIpc) is 3.00. The Labute approximate surface area is 173 Å². The fourth-order valence-corrected chi connectivity index (χ4v) is 3.48. The first-order valence-electron chi connectivity index (χ1n) is 8.94. The Kier molecular flexibility index (Phi) is 6.83. The van der Waals surface area contributed by atoms with Crippen molar-refractivity contribution in [3.05, 3.63) is 71.8 Å². The lowest BCUT2D eigenvalue weighted by molar-refractivity contribution is -0.128. The van der Waals surface area contributed by atoms with E-state index in [1.54, 1.807) is 48.5 Å². The summed E-state index contributed by atoms with van der Waals surface area (Å²) in [7, 11) is -4.01. The van der Waals surface area contributed by atoms with Gasteiger partial charge in [0.1, 0.15) is 12.7 Å². The van der Waals surface area contributed by atoms with E-state index >= 15 is 0 Å². The summed E-state index contributed by atoms with van der Waals surface area (Å²) in [5.74, 6) is -1.44. The van der Waals surface area contributed by atoms with Crippen molar-refractivity contribution >= 4 is 22.1 Å². The Morgan fingerprint density at radius 3 is 2.00 bits per heavy atom. The Morgan fingerprint density at radius 2 is 1.47 bits per heavy atom. The van der Waals surface area contributed by atoms with Crippen molar-refractivity contribution in [1.29, 1.82) is 0 Å². The molecule has 1 N–H and O–H groups in total. The summed E-state index contributed by atoms with van der Waals surface area (Å²) in [5, 5.41) is 10.1. The topological polar surface area (TPSA) is 125 Å². The van der Waals surface area contributed by atoms with Gasteiger partial charge in [0.25, 0.3) is 10.1 Å². The quantitative estimate of drug-likeness (QED) is 0.502. The molecule has 2 aromatic carbocycles. The van der Waals surface area contributed by atoms with Crippen LogP contribution < -0.4 is 0 Å². The van der Waals surface area contributed by atoms with Gasteiger partial charge in [0.2, 0.25) is 0 Å². The molecule has 0 spiro atoms. The Morgan fingerprint density at radius 1 is 0.933 bits per heavy atom. The van der Waals surface area contributed by atoms with Crippen LogP contribution in [0.15, 0.2) is 60.7 Å². The summed E-state index contributed by atoms with van der Waals surface area (Å²) >= 11 is 0. The van der Waals surface area contributed by atoms with Crippen molar-refractivity contribution in [3.8, 4) is 0 Å². The van der Waals surface area contributed by atoms with Crippen LogP contribution in [-0.4, -0.2) is 62.9 Å². The zero-order valence-corrected chi connectivity index (χ0v) is 16.7. The van der Waals surface area contributed by atoms with Crippen molar-refractivity contribution in [1.82, 2.24) is 0 Å². The van der Waals surface area contributed by atoms with E-state index in [1.165, 1.54) is 12.1 Å². The van der Waals surface area contributed by atoms with Crippen molar-refractivity contribution < 1.29 is 41.5 Å². The third kappa shape index (κ3) is 5.63. The Bertz CT molecular complexity index is 976. The number of aliphatic hydroxyl groups excluding tert-OH is 1. The van der Waals surface area contributed by atoms with Crippen LogP contribution in [0.4, 0.5) is 0 Å². The van der Waals surface area contributed by atoms with Crippen molar-refractivity contribution in [3.63, 3.8) is 0 Å². The molecule has 30 heavy (non-hydrogen) atoms. The van der Waals surface area contributed by atoms with Gasteiger partial charge in [0.05, 0.1) is 17.4 Å². The standard InChI is InChI=1S/C20H20O9S/c1-30(24,25)29-17-16(28-19(22)14-10-6-3-7-11-14)15(27-20(17)23)12-26-18(21)13-8-4-2-5-9-13/h2-11,15-17,20,23H,12H2,1H3/t15-,16-,17+,20-/m1/s1. The molecule has 0 bridgehead atoms. The van der Waals surface area contributed by atoms with E-state index in [1.807, 2.05) is 0 Å². The number of carbonyl (C=O) groups excluding carboxylic acids is 2. The van der Waals surface area contributed by atoms with Crippen LogP contribution in [0.3, 0.4) is 0 Å². The fraction of sp³-hybridized carbons (Fsp3) is 0.300. The molecule has 0 saturated carbocycles. The van der Waals surface area contributed by atoms with Crippen LogP contribution in [-0.2, 0) is 28.5 Å². The normalized spacial score (nSPS) is 23.7. The van der Waals surface area contributed by atoms with Crippen LogP contribution >= 0.6 is 0 Å². The largest absolute Gasteiger partial charge is 0.459 e. The highest BCUT2D eigenvalue weighted by molar-refractivity contribution is 7.86. The highest BCUT2D eigenvalue weighted by atomic mass is 32.2. The molecule has 1 aliphatic heterocycles. The monoisotopic (exact) mass is 436 g/mol. The molecule has 1 fully saturated rings. The van der Waals surface area contributed by atoms with E-state index in [9.17, 15) is 23.1 Å². The minimum Gasteiger partial charge on any atom is -0.459 e. The Balaban J connectivity index is 1.75. The first kappa shape index (κ1) is 21.9. The maximum Gasteiger partial charge on any atom is 0.338 e. The van der Waals surface area contributed by atoms with E-state index in [0.29, 0.717) is 0 Å². The van der Waals surface area contributed by atoms with E-state index < -0.39 is 53.3 Å². The van der Waals surface area contributed by atoms with Gasteiger partial charge in [-0.1, -0.05) is 36.4 Å². The van der Waals surface area contributed by atoms with Crippen molar-refractivity contribution in [2.45, 2.75) is 24.6 Å². The van der Waals surface area contributed by atoms with E-state index in [0.717, 1.165) is 6.26 Å². The number of rotatable bonds is 7.